The molecular formula is C25H19ClFN5O3. The molecular weight excluding hydrogens is 473 g/mol. The van der Waals surface area contributed by atoms with Crippen LogP contribution in [0.25, 0.3) is 11.3 Å². The summed E-state index contributed by atoms with van der Waals surface area (Å²) >= 11 is 6.27. The van der Waals surface area contributed by atoms with E-state index in [2.05, 4.69) is 20.5 Å². The summed E-state index contributed by atoms with van der Waals surface area (Å²) in [5.41, 5.74) is 2.56. The van der Waals surface area contributed by atoms with Crippen molar-refractivity contribution in [3.8, 4) is 22.8 Å². The molecule has 1 amide bonds. The number of benzene rings is 3. The van der Waals surface area contributed by atoms with E-state index >= 15 is 0 Å². The minimum absolute atomic E-state index is 0.116. The Balaban J connectivity index is 1.60. The summed E-state index contributed by atoms with van der Waals surface area (Å²) in [6.45, 7) is 0. The molecule has 8 nitrogen and oxygen atoms in total. The summed E-state index contributed by atoms with van der Waals surface area (Å²) in [6, 6.07) is 16.4. The number of rotatable bonds is 5. The first-order chi connectivity index (χ1) is 17.0. The molecule has 1 aliphatic heterocycles. The molecule has 0 spiro atoms. The minimum atomic E-state index is -0.535. The lowest BCUT2D eigenvalue weighted by Gasteiger charge is -2.23. The highest BCUT2D eigenvalue weighted by atomic mass is 35.5. The number of aromatic nitrogens is 3. The molecule has 0 atom stereocenters. The Bertz CT molecular complexity index is 1450. The van der Waals surface area contributed by atoms with Gasteiger partial charge in [0.15, 0.2) is 11.5 Å². The number of anilines is 4. The molecule has 2 heterocycles. The average Bonchev–Trinajstić information content (AvgIpc) is 2.97. The lowest BCUT2D eigenvalue weighted by molar-refractivity contribution is -0.117. The zero-order chi connectivity index (χ0) is 24.5. The Morgan fingerprint density at radius 2 is 1.77 bits per heavy atom. The fourth-order valence-electron chi connectivity index (χ4n) is 3.92. The van der Waals surface area contributed by atoms with E-state index in [1.54, 1.807) is 62.8 Å². The number of hydrogen-bond donors (Lipinski definition) is 1. The topological polar surface area (TPSA) is 89.5 Å². The van der Waals surface area contributed by atoms with Gasteiger partial charge in [0.1, 0.15) is 11.5 Å². The summed E-state index contributed by atoms with van der Waals surface area (Å²) < 4.78 is 25.3. The fraction of sp³-hybridized carbons (Fsp3) is 0.120. The molecule has 5 rings (SSSR count). The van der Waals surface area contributed by atoms with Crippen molar-refractivity contribution in [2.24, 2.45) is 0 Å². The maximum atomic E-state index is 14.7. The Morgan fingerprint density at radius 1 is 0.971 bits per heavy atom. The molecule has 10 heteroatoms. The monoisotopic (exact) mass is 491 g/mol. The van der Waals surface area contributed by atoms with Gasteiger partial charge in [0.2, 0.25) is 11.9 Å². The van der Waals surface area contributed by atoms with Crippen LogP contribution in [-0.2, 0) is 11.2 Å². The predicted octanol–water partition coefficient (Wildman–Crippen LogP) is 5.31. The molecule has 0 unspecified atom stereocenters. The third-order valence-electron chi connectivity index (χ3n) is 5.51. The van der Waals surface area contributed by atoms with E-state index in [-0.39, 0.29) is 24.0 Å². The number of nitrogens with zero attached hydrogens (tertiary/aromatic N) is 4. The molecule has 0 fully saturated rings. The minimum Gasteiger partial charge on any atom is -0.493 e. The zero-order valence-electron chi connectivity index (χ0n) is 18.8. The van der Waals surface area contributed by atoms with Gasteiger partial charge in [-0.15, -0.1) is 10.2 Å². The summed E-state index contributed by atoms with van der Waals surface area (Å²) in [5.74, 6) is 0.410. The number of para-hydroxylation sites is 1. The summed E-state index contributed by atoms with van der Waals surface area (Å²) in [4.78, 5) is 19.2. The van der Waals surface area contributed by atoms with E-state index in [9.17, 15) is 9.18 Å². The number of methoxy groups -OCH3 is 2. The van der Waals surface area contributed by atoms with Crippen molar-refractivity contribution in [3.63, 3.8) is 0 Å². The number of carbonyl (C=O) groups excluding carboxylic acids is 1. The van der Waals surface area contributed by atoms with E-state index < -0.39 is 5.82 Å². The van der Waals surface area contributed by atoms with Gasteiger partial charge in [-0.25, -0.2) is 9.37 Å². The predicted molar refractivity (Wildman–Crippen MR) is 130 cm³/mol. The van der Waals surface area contributed by atoms with Crippen LogP contribution in [0.15, 0.2) is 60.7 Å². The first-order valence-electron chi connectivity index (χ1n) is 10.6. The molecule has 1 aromatic heterocycles. The van der Waals surface area contributed by atoms with Crippen molar-refractivity contribution in [1.29, 1.82) is 0 Å². The normalized spacial score (nSPS) is 12.5. The molecule has 0 aliphatic carbocycles. The maximum absolute atomic E-state index is 14.7. The molecule has 1 aliphatic rings. The fourth-order valence-corrected chi connectivity index (χ4v) is 4.09. The molecule has 4 aromatic rings. The average molecular weight is 492 g/mol. The first kappa shape index (κ1) is 22.5. The van der Waals surface area contributed by atoms with E-state index in [0.29, 0.717) is 44.8 Å². The Morgan fingerprint density at radius 3 is 2.54 bits per heavy atom. The van der Waals surface area contributed by atoms with Gasteiger partial charge in [-0.05, 0) is 42.5 Å². The smallest absolute Gasteiger partial charge is 0.247 e. The van der Waals surface area contributed by atoms with Crippen molar-refractivity contribution in [2.45, 2.75) is 6.42 Å². The van der Waals surface area contributed by atoms with Gasteiger partial charge in [0.25, 0.3) is 0 Å². The van der Waals surface area contributed by atoms with Crippen molar-refractivity contribution < 1.29 is 18.7 Å². The van der Waals surface area contributed by atoms with E-state index in [4.69, 9.17) is 21.1 Å². The highest BCUT2D eigenvalue weighted by Gasteiger charge is 2.31. The third kappa shape index (κ3) is 4.22. The largest absolute Gasteiger partial charge is 0.493 e. The number of carbonyl (C=O) groups is 1. The molecule has 0 bridgehead atoms. The van der Waals surface area contributed by atoms with Gasteiger partial charge >= 0.3 is 0 Å². The van der Waals surface area contributed by atoms with Crippen molar-refractivity contribution in [1.82, 2.24) is 15.2 Å². The molecule has 35 heavy (non-hydrogen) atoms. The molecule has 0 radical (unpaired) electrons. The quantitative estimate of drug-likeness (QED) is 0.404. The lowest BCUT2D eigenvalue weighted by Crippen LogP contribution is -2.27. The third-order valence-corrected chi connectivity index (χ3v) is 5.75. The standard InChI is InChI=1S/C25H19ClFN5O3/c1-34-21-10-8-15(12-22(21)35-2)28-25-29-24-16-9-7-14(26)11-20(16)32(19-6-4-3-5-17(19)27)23(33)13-18(24)30-31-25/h3-12H,13H2,1-2H3,(H,28,29,31). The number of halogens is 2. The van der Waals surface area contributed by atoms with Gasteiger partial charge in [-0.1, -0.05) is 23.7 Å². The molecule has 0 saturated carbocycles. The highest BCUT2D eigenvalue weighted by molar-refractivity contribution is 6.31. The van der Waals surface area contributed by atoms with Crippen LogP contribution in [0, 0.1) is 5.82 Å². The molecule has 176 valence electrons. The van der Waals surface area contributed by atoms with Gasteiger partial charge in [0.05, 0.1) is 37.7 Å². The lowest BCUT2D eigenvalue weighted by atomic mass is 10.1. The number of hydrogen-bond acceptors (Lipinski definition) is 7. The number of fused-ring (bicyclic) bond motifs is 3. The Hall–Kier alpha value is -4.24. The number of nitrogens with one attached hydrogen (secondary N) is 1. The van der Waals surface area contributed by atoms with Crippen LogP contribution in [-0.4, -0.2) is 35.3 Å². The molecule has 0 saturated heterocycles. The van der Waals surface area contributed by atoms with Crippen LogP contribution < -0.4 is 19.7 Å². The number of amides is 1. The Labute approximate surface area is 205 Å². The van der Waals surface area contributed by atoms with Crippen LogP contribution in [0.5, 0.6) is 11.5 Å². The summed E-state index contributed by atoms with van der Waals surface area (Å²) in [6.07, 6.45) is -0.118. The van der Waals surface area contributed by atoms with Crippen LogP contribution in [0.4, 0.5) is 27.4 Å². The van der Waals surface area contributed by atoms with Crippen LogP contribution >= 0.6 is 11.6 Å². The second kappa shape index (κ2) is 9.19. The van der Waals surface area contributed by atoms with E-state index in [0.717, 1.165) is 0 Å². The van der Waals surface area contributed by atoms with E-state index in [1.807, 2.05) is 0 Å². The second-order valence-corrected chi connectivity index (χ2v) is 8.08. The Kier molecular flexibility index (Phi) is 5.92. The summed E-state index contributed by atoms with van der Waals surface area (Å²) in [5, 5.41) is 11.9. The number of ether oxygens (including phenoxy) is 2. The van der Waals surface area contributed by atoms with Crippen LogP contribution in [0.3, 0.4) is 0 Å². The van der Waals surface area contributed by atoms with Crippen molar-refractivity contribution in [2.75, 3.05) is 24.4 Å². The van der Waals surface area contributed by atoms with Gasteiger partial charge < -0.3 is 14.8 Å². The maximum Gasteiger partial charge on any atom is 0.247 e. The molecule has 3 aromatic carbocycles. The van der Waals surface area contributed by atoms with Gasteiger partial charge in [0, 0.05) is 22.3 Å². The van der Waals surface area contributed by atoms with Gasteiger partial charge in [-0.2, -0.15) is 0 Å². The first-order valence-corrected chi connectivity index (χ1v) is 11.0. The summed E-state index contributed by atoms with van der Waals surface area (Å²) in [7, 11) is 3.10. The van der Waals surface area contributed by atoms with Crippen molar-refractivity contribution in [3.05, 3.63) is 77.2 Å². The van der Waals surface area contributed by atoms with Gasteiger partial charge in [-0.3, -0.25) is 9.69 Å². The van der Waals surface area contributed by atoms with Crippen LogP contribution in [0.1, 0.15) is 5.69 Å². The van der Waals surface area contributed by atoms with Crippen LogP contribution in [0.2, 0.25) is 5.02 Å². The van der Waals surface area contributed by atoms with E-state index in [1.165, 1.54) is 17.0 Å². The second-order valence-electron chi connectivity index (χ2n) is 7.64. The zero-order valence-corrected chi connectivity index (χ0v) is 19.5. The SMILES string of the molecule is COc1ccc(Nc2nnc3c(n2)-c2ccc(Cl)cc2N(c2ccccc2F)C(=O)C3)cc1OC. The molecule has 1 N–H and O–H groups in total. The van der Waals surface area contributed by atoms with Crippen molar-refractivity contribution >= 4 is 40.5 Å². The highest BCUT2D eigenvalue weighted by Crippen LogP contribution is 2.41.